The van der Waals surface area contributed by atoms with Crippen molar-refractivity contribution in [1.82, 2.24) is 15.5 Å². The predicted octanol–water partition coefficient (Wildman–Crippen LogP) is 5.08. The van der Waals surface area contributed by atoms with Crippen LogP contribution in [0, 0.1) is 0 Å². The van der Waals surface area contributed by atoms with Crippen LogP contribution in [0.1, 0.15) is 15.9 Å². The zero-order valence-corrected chi connectivity index (χ0v) is 15.9. The molecule has 1 amide bonds. The lowest BCUT2D eigenvalue weighted by atomic mass is 10.1. The number of benzene rings is 2. The normalized spacial score (nSPS) is 10.9. The highest BCUT2D eigenvalue weighted by atomic mass is 16.5. The fourth-order valence-electron chi connectivity index (χ4n) is 3.26. The van der Waals surface area contributed by atoms with Crippen molar-refractivity contribution in [2.75, 3.05) is 0 Å². The number of nitrogens with zero attached hydrogens (tertiary/aromatic N) is 2. The summed E-state index contributed by atoms with van der Waals surface area (Å²) in [5.41, 5.74) is 3.82. The molecule has 146 valence electrons. The quantitative estimate of drug-likeness (QED) is 0.449. The van der Waals surface area contributed by atoms with Crippen LogP contribution in [0.5, 0.6) is 0 Å². The predicted molar refractivity (Wildman–Crippen MR) is 113 cm³/mol. The number of aromatic nitrogens is 2. The molecule has 0 aliphatic carbocycles. The maximum Gasteiger partial charge on any atom is 0.251 e. The van der Waals surface area contributed by atoms with Crippen molar-refractivity contribution in [2.45, 2.75) is 6.54 Å². The summed E-state index contributed by atoms with van der Waals surface area (Å²) in [4.78, 5) is 17.1. The molecular formula is C24H17N3O3. The molecular weight excluding hydrogens is 378 g/mol. The number of fused-ring (bicyclic) bond motifs is 1. The van der Waals surface area contributed by atoms with Crippen LogP contribution in [0.15, 0.2) is 94.2 Å². The lowest BCUT2D eigenvalue weighted by molar-refractivity contribution is 0.0951. The average Bonchev–Trinajstić information content (AvgIpc) is 3.48. The standard InChI is InChI=1S/C24H17N3O3/c28-24(26-15-16-8-10-21(25-14-16)22-7-4-12-29-22)18-9-11-20-19(13-18)23(30-27-20)17-5-2-1-3-6-17/h1-14H,15H2,(H,26,28). The van der Waals surface area contributed by atoms with Gasteiger partial charge in [0, 0.05) is 23.9 Å². The molecule has 6 nitrogen and oxygen atoms in total. The van der Waals surface area contributed by atoms with Crippen LogP contribution in [0.2, 0.25) is 0 Å². The summed E-state index contributed by atoms with van der Waals surface area (Å²) >= 11 is 0. The molecule has 0 radical (unpaired) electrons. The van der Waals surface area contributed by atoms with Crippen molar-refractivity contribution in [1.29, 1.82) is 0 Å². The van der Waals surface area contributed by atoms with E-state index < -0.39 is 0 Å². The minimum Gasteiger partial charge on any atom is -0.463 e. The molecule has 30 heavy (non-hydrogen) atoms. The lowest BCUT2D eigenvalue weighted by Crippen LogP contribution is -2.22. The highest BCUT2D eigenvalue weighted by Gasteiger charge is 2.14. The summed E-state index contributed by atoms with van der Waals surface area (Å²) in [5, 5.41) is 7.83. The highest BCUT2D eigenvalue weighted by molar-refractivity contribution is 6.00. The maximum atomic E-state index is 12.7. The first-order chi connectivity index (χ1) is 14.8. The van der Waals surface area contributed by atoms with Crippen molar-refractivity contribution in [3.63, 3.8) is 0 Å². The Morgan fingerprint density at radius 3 is 2.63 bits per heavy atom. The number of rotatable bonds is 5. The van der Waals surface area contributed by atoms with Gasteiger partial charge in [0.15, 0.2) is 11.5 Å². The Hall–Kier alpha value is -4.19. The van der Waals surface area contributed by atoms with E-state index in [-0.39, 0.29) is 5.91 Å². The van der Waals surface area contributed by atoms with Gasteiger partial charge in [0.25, 0.3) is 5.91 Å². The van der Waals surface area contributed by atoms with Gasteiger partial charge in [0.2, 0.25) is 0 Å². The average molecular weight is 395 g/mol. The van der Waals surface area contributed by atoms with Gasteiger partial charge in [-0.2, -0.15) is 0 Å². The van der Waals surface area contributed by atoms with Crippen molar-refractivity contribution in [3.05, 3.63) is 96.4 Å². The minimum atomic E-state index is -0.174. The first-order valence-electron chi connectivity index (χ1n) is 9.50. The van der Waals surface area contributed by atoms with Gasteiger partial charge in [0.05, 0.1) is 11.6 Å². The van der Waals surface area contributed by atoms with E-state index in [0.717, 1.165) is 22.2 Å². The number of carbonyl (C=O) groups is 1. The van der Waals surface area contributed by atoms with E-state index in [9.17, 15) is 4.79 Å². The molecule has 0 aliphatic rings. The summed E-state index contributed by atoms with van der Waals surface area (Å²) in [6.45, 7) is 0.373. The van der Waals surface area contributed by atoms with Crippen LogP contribution in [0.3, 0.4) is 0 Å². The van der Waals surface area contributed by atoms with Crippen LogP contribution in [0.4, 0.5) is 0 Å². The summed E-state index contributed by atoms with van der Waals surface area (Å²) in [6.07, 6.45) is 3.34. The third-order valence-electron chi connectivity index (χ3n) is 4.83. The largest absolute Gasteiger partial charge is 0.463 e. The lowest BCUT2D eigenvalue weighted by Gasteiger charge is -2.06. The van der Waals surface area contributed by atoms with Crippen molar-refractivity contribution < 1.29 is 13.7 Å². The molecule has 0 bridgehead atoms. The Bertz CT molecular complexity index is 1290. The van der Waals surface area contributed by atoms with Crippen LogP contribution in [0.25, 0.3) is 33.7 Å². The van der Waals surface area contributed by atoms with Crippen molar-refractivity contribution in [2.24, 2.45) is 0 Å². The third kappa shape index (κ3) is 3.46. The zero-order valence-electron chi connectivity index (χ0n) is 15.9. The highest BCUT2D eigenvalue weighted by Crippen LogP contribution is 2.29. The number of pyridine rings is 1. The van der Waals surface area contributed by atoms with Gasteiger partial charge in [-0.25, -0.2) is 0 Å². The topological polar surface area (TPSA) is 81.2 Å². The van der Waals surface area contributed by atoms with Gasteiger partial charge in [-0.1, -0.05) is 41.6 Å². The molecule has 6 heteroatoms. The van der Waals surface area contributed by atoms with E-state index in [2.05, 4.69) is 15.5 Å². The van der Waals surface area contributed by atoms with Gasteiger partial charge in [-0.15, -0.1) is 0 Å². The fraction of sp³-hybridized carbons (Fsp3) is 0.0417. The number of amides is 1. The summed E-state index contributed by atoms with van der Waals surface area (Å²) in [5.74, 6) is 1.19. The van der Waals surface area contributed by atoms with E-state index in [1.54, 1.807) is 24.6 Å². The molecule has 0 fully saturated rings. The second-order valence-electron chi connectivity index (χ2n) is 6.82. The first-order valence-corrected chi connectivity index (χ1v) is 9.50. The number of carbonyl (C=O) groups excluding carboxylic acids is 1. The monoisotopic (exact) mass is 395 g/mol. The summed E-state index contributed by atoms with van der Waals surface area (Å²) in [7, 11) is 0. The molecule has 0 unspecified atom stereocenters. The zero-order chi connectivity index (χ0) is 20.3. The Balaban J connectivity index is 1.32. The van der Waals surface area contributed by atoms with Gasteiger partial charge >= 0.3 is 0 Å². The fourth-order valence-corrected chi connectivity index (χ4v) is 3.26. The Morgan fingerprint density at radius 2 is 1.87 bits per heavy atom. The Morgan fingerprint density at radius 1 is 0.967 bits per heavy atom. The second kappa shape index (κ2) is 7.67. The maximum absolute atomic E-state index is 12.7. The SMILES string of the molecule is O=C(NCc1ccc(-c2ccco2)nc1)c1ccc2noc(-c3ccccc3)c2c1. The molecule has 0 aliphatic heterocycles. The van der Waals surface area contributed by atoms with Crippen LogP contribution in [-0.2, 0) is 6.54 Å². The summed E-state index contributed by atoms with van der Waals surface area (Å²) in [6, 6.07) is 22.5. The second-order valence-corrected chi connectivity index (χ2v) is 6.82. The molecule has 2 aromatic carbocycles. The third-order valence-corrected chi connectivity index (χ3v) is 4.83. The van der Waals surface area contributed by atoms with E-state index >= 15 is 0 Å². The van der Waals surface area contributed by atoms with Gasteiger partial charge in [-0.05, 0) is 42.0 Å². The van der Waals surface area contributed by atoms with Crippen molar-refractivity contribution >= 4 is 16.8 Å². The number of nitrogens with one attached hydrogen (secondary N) is 1. The van der Waals surface area contributed by atoms with Gasteiger partial charge in [-0.3, -0.25) is 9.78 Å². The molecule has 5 aromatic rings. The minimum absolute atomic E-state index is 0.174. The Kier molecular flexibility index (Phi) is 4.57. The molecule has 0 saturated carbocycles. The molecule has 3 aromatic heterocycles. The van der Waals surface area contributed by atoms with Gasteiger partial charge < -0.3 is 14.3 Å². The van der Waals surface area contributed by atoms with E-state index in [0.29, 0.717) is 29.1 Å². The molecule has 0 saturated heterocycles. The van der Waals surface area contributed by atoms with E-state index in [1.165, 1.54) is 0 Å². The van der Waals surface area contributed by atoms with Crippen LogP contribution < -0.4 is 5.32 Å². The summed E-state index contributed by atoms with van der Waals surface area (Å²) < 4.78 is 10.8. The first kappa shape index (κ1) is 17.9. The van der Waals surface area contributed by atoms with Gasteiger partial charge in [0.1, 0.15) is 11.2 Å². The number of furan rings is 1. The molecule has 0 spiro atoms. The van der Waals surface area contributed by atoms with E-state index in [1.807, 2.05) is 60.7 Å². The van der Waals surface area contributed by atoms with Crippen LogP contribution in [-0.4, -0.2) is 16.0 Å². The van der Waals surface area contributed by atoms with E-state index in [4.69, 9.17) is 8.94 Å². The number of hydrogen-bond acceptors (Lipinski definition) is 5. The molecule has 3 heterocycles. The van der Waals surface area contributed by atoms with Crippen molar-refractivity contribution in [3.8, 4) is 22.8 Å². The smallest absolute Gasteiger partial charge is 0.251 e. The molecule has 5 rings (SSSR count). The molecule has 0 atom stereocenters. The Labute approximate surface area is 172 Å². The number of hydrogen-bond donors (Lipinski definition) is 1. The van der Waals surface area contributed by atoms with Crippen LogP contribution >= 0.6 is 0 Å². The molecule has 1 N–H and O–H groups in total.